The van der Waals surface area contributed by atoms with E-state index < -0.39 is 22.0 Å². The first kappa shape index (κ1) is 21.0. The van der Waals surface area contributed by atoms with Crippen LogP contribution in [0.2, 0.25) is 5.02 Å². The molecule has 0 radical (unpaired) electrons. The molecule has 2 heterocycles. The van der Waals surface area contributed by atoms with Gasteiger partial charge in [0.15, 0.2) is 0 Å². The number of carbonyl (C=O) groups excluding carboxylic acids is 1. The molecule has 1 N–H and O–H groups in total. The number of hydrogen-bond donors (Lipinski definition) is 1. The molecule has 8 nitrogen and oxygen atoms in total. The van der Waals surface area contributed by atoms with Gasteiger partial charge in [0, 0.05) is 17.3 Å². The van der Waals surface area contributed by atoms with E-state index in [9.17, 15) is 18.0 Å². The van der Waals surface area contributed by atoms with Crippen LogP contribution in [0.15, 0.2) is 58.4 Å². The molecule has 0 aliphatic heterocycles. The SMILES string of the molecule is Cc1ccc2nc(COC(=O)[C@H](C)NS(=O)(=O)c3ccc(Cl)cc3)cc(=O)n2c1. The number of benzene rings is 1. The van der Waals surface area contributed by atoms with Crippen LogP contribution < -0.4 is 10.3 Å². The summed E-state index contributed by atoms with van der Waals surface area (Å²) in [6.45, 7) is 2.96. The van der Waals surface area contributed by atoms with Gasteiger partial charge in [0.25, 0.3) is 5.56 Å². The number of nitrogens with one attached hydrogen (secondary N) is 1. The Balaban J connectivity index is 1.67. The average molecular weight is 436 g/mol. The zero-order chi connectivity index (χ0) is 21.2. The highest BCUT2D eigenvalue weighted by Gasteiger charge is 2.23. The van der Waals surface area contributed by atoms with Crippen LogP contribution in [0.1, 0.15) is 18.2 Å². The highest BCUT2D eigenvalue weighted by atomic mass is 35.5. The minimum absolute atomic E-state index is 0.0268. The molecule has 0 spiro atoms. The number of aromatic nitrogens is 2. The number of carbonyl (C=O) groups is 1. The lowest BCUT2D eigenvalue weighted by Crippen LogP contribution is -2.39. The van der Waals surface area contributed by atoms with E-state index in [4.69, 9.17) is 16.3 Å². The summed E-state index contributed by atoms with van der Waals surface area (Å²) in [7, 11) is -3.92. The molecule has 0 amide bonds. The summed E-state index contributed by atoms with van der Waals surface area (Å²) in [4.78, 5) is 28.6. The standard InChI is InChI=1S/C19H18ClN3O5S/c1-12-3-8-17-21-15(9-18(24)23(17)10-12)11-28-19(25)13(2)22-29(26,27)16-6-4-14(20)5-7-16/h3-10,13,22H,11H2,1-2H3/t13-/m0/s1. The second-order valence-corrected chi connectivity index (χ2v) is 8.58. The van der Waals surface area contributed by atoms with Gasteiger partial charge in [0.2, 0.25) is 10.0 Å². The molecular weight excluding hydrogens is 418 g/mol. The molecule has 0 saturated heterocycles. The second kappa shape index (κ2) is 8.32. The van der Waals surface area contributed by atoms with E-state index in [1.807, 2.05) is 13.0 Å². The van der Waals surface area contributed by atoms with Crippen LogP contribution in [0.3, 0.4) is 0 Å². The first-order chi connectivity index (χ1) is 13.7. The lowest BCUT2D eigenvalue weighted by atomic mass is 10.3. The van der Waals surface area contributed by atoms with Gasteiger partial charge < -0.3 is 4.74 Å². The largest absolute Gasteiger partial charge is 0.458 e. The van der Waals surface area contributed by atoms with Gasteiger partial charge in [-0.3, -0.25) is 14.0 Å². The molecule has 152 valence electrons. The zero-order valence-corrected chi connectivity index (χ0v) is 17.2. The zero-order valence-electron chi connectivity index (χ0n) is 15.6. The summed E-state index contributed by atoms with van der Waals surface area (Å²) in [5, 5.41) is 0.394. The van der Waals surface area contributed by atoms with E-state index in [2.05, 4.69) is 9.71 Å². The van der Waals surface area contributed by atoms with E-state index >= 15 is 0 Å². The highest BCUT2D eigenvalue weighted by Crippen LogP contribution is 2.14. The topological polar surface area (TPSA) is 107 Å². The summed E-state index contributed by atoms with van der Waals surface area (Å²) in [6, 6.07) is 9.15. The summed E-state index contributed by atoms with van der Waals surface area (Å²) >= 11 is 5.75. The minimum atomic E-state index is -3.92. The third-order valence-electron chi connectivity index (χ3n) is 4.03. The van der Waals surface area contributed by atoms with Crippen molar-refractivity contribution in [3.63, 3.8) is 0 Å². The van der Waals surface area contributed by atoms with Crippen LogP contribution in [0.4, 0.5) is 0 Å². The third-order valence-corrected chi connectivity index (χ3v) is 5.84. The summed E-state index contributed by atoms with van der Waals surface area (Å²) in [5.74, 6) is -0.798. The molecule has 0 aliphatic rings. The van der Waals surface area contributed by atoms with Gasteiger partial charge in [-0.15, -0.1) is 0 Å². The van der Waals surface area contributed by atoms with Gasteiger partial charge in [-0.2, -0.15) is 4.72 Å². The molecule has 0 saturated carbocycles. The number of hydrogen-bond acceptors (Lipinski definition) is 6. The van der Waals surface area contributed by atoms with E-state index in [-0.39, 0.29) is 22.8 Å². The first-order valence-electron chi connectivity index (χ1n) is 8.59. The van der Waals surface area contributed by atoms with Crippen molar-refractivity contribution >= 4 is 33.2 Å². The van der Waals surface area contributed by atoms with Gasteiger partial charge >= 0.3 is 5.97 Å². The molecule has 0 unspecified atom stereocenters. The first-order valence-corrected chi connectivity index (χ1v) is 10.5. The maximum absolute atomic E-state index is 12.3. The molecule has 3 rings (SSSR count). The minimum Gasteiger partial charge on any atom is -0.458 e. The van der Waals surface area contributed by atoms with Gasteiger partial charge in [-0.05, 0) is 49.7 Å². The predicted molar refractivity (Wildman–Crippen MR) is 107 cm³/mol. The molecule has 3 aromatic rings. The number of aryl methyl sites for hydroxylation is 1. The molecule has 0 fully saturated rings. The molecule has 0 bridgehead atoms. The van der Waals surface area contributed by atoms with Crippen molar-refractivity contribution in [1.82, 2.24) is 14.1 Å². The molecule has 1 atom stereocenters. The number of fused-ring (bicyclic) bond motifs is 1. The molecule has 29 heavy (non-hydrogen) atoms. The Morgan fingerprint density at radius 2 is 1.93 bits per heavy atom. The average Bonchev–Trinajstić information content (AvgIpc) is 2.66. The number of sulfonamides is 1. The smallest absolute Gasteiger partial charge is 0.324 e. The fraction of sp³-hybridized carbons (Fsp3) is 0.211. The maximum Gasteiger partial charge on any atom is 0.324 e. The van der Waals surface area contributed by atoms with Crippen LogP contribution in [0.25, 0.3) is 5.65 Å². The van der Waals surface area contributed by atoms with Crippen LogP contribution in [-0.2, 0) is 26.2 Å². The van der Waals surface area contributed by atoms with Crippen molar-refractivity contribution in [2.24, 2.45) is 0 Å². The Bertz CT molecular complexity index is 1220. The Morgan fingerprint density at radius 3 is 2.62 bits per heavy atom. The summed E-state index contributed by atoms with van der Waals surface area (Å²) < 4.78 is 33.4. The molecule has 1 aromatic carbocycles. The Labute approximate surface area is 172 Å². The number of rotatable bonds is 6. The molecule has 0 aliphatic carbocycles. The van der Waals surface area contributed by atoms with E-state index in [1.54, 1.807) is 12.3 Å². The number of halogens is 1. The normalized spacial score (nSPS) is 12.7. The van der Waals surface area contributed by atoms with Gasteiger partial charge in [0.05, 0.1) is 10.6 Å². The van der Waals surface area contributed by atoms with Crippen LogP contribution >= 0.6 is 11.6 Å². The van der Waals surface area contributed by atoms with Crippen molar-refractivity contribution in [2.75, 3.05) is 0 Å². The fourth-order valence-electron chi connectivity index (χ4n) is 2.56. The van der Waals surface area contributed by atoms with Crippen LogP contribution in [-0.4, -0.2) is 29.8 Å². The van der Waals surface area contributed by atoms with Gasteiger partial charge in [-0.1, -0.05) is 17.7 Å². The number of pyridine rings is 1. The Hall–Kier alpha value is -2.75. The highest BCUT2D eigenvalue weighted by molar-refractivity contribution is 7.89. The van der Waals surface area contributed by atoms with Crippen molar-refractivity contribution in [3.8, 4) is 0 Å². The van der Waals surface area contributed by atoms with Crippen molar-refractivity contribution in [2.45, 2.75) is 31.4 Å². The fourth-order valence-corrected chi connectivity index (χ4v) is 3.88. The molecular formula is C19H18ClN3O5S. The molecule has 2 aromatic heterocycles. The number of nitrogens with zero attached hydrogens (tertiary/aromatic N) is 2. The maximum atomic E-state index is 12.3. The quantitative estimate of drug-likeness (QED) is 0.594. The van der Waals surface area contributed by atoms with Crippen molar-refractivity contribution in [3.05, 3.63) is 75.3 Å². The predicted octanol–water partition coefficient (Wildman–Crippen LogP) is 2.07. The van der Waals surface area contributed by atoms with Crippen molar-refractivity contribution in [1.29, 1.82) is 0 Å². The number of esters is 1. The number of ether oxygens (including phenoxy) is 1. The summed E-state index contributed by atoms with van der Waals surface area (Å²) in [5.41, 5.74) is 1.29. The van der Waals surface area contributed by atoms with Gasteiger partial charge in [0.1, 0.15) is 18.3 Å². The Morgan fingerprint density at radius 1 is 1.24 bits per heavy atom. The third kappa shape index (κ3) is 5.00. The lowest BCUT2D eigenvalue weighted by Gasteiger charge is -2.14. The van der Waals surface area contributed by atoms with Crippen LogP contribution in [0.5, 0.6) is 0 Å². The van der Waals surface area contributed by atoms with E-state index in [1.165, 1.54) is 41.7 Å². The van der Waals surface area contributed by atoms with Gasteiger partial charge in [-0.25, -0.2) is 13.4 Å². The van der Waals surface area contributed by atoms with Crippen LogP contribution in [0, 0.1) is 6.92 Å². The molecule has 10 heteroatoms. The second-order valence-electron chi connectivity index (χ2n) is 6.42. The Kier molecular flexibility index (Phi) is 6.02. The monoisotopic (exact) mass is 435 g/mol. The van der Waals surface area contributed by atoms with Crippen molar-refractivity contribution < 1.29 is 17.9 Å². The van der Waals surface area contributed by atoms with E-state index in [0.29, 0.717) is 10.7 Å². The van der Waals surface area contributed by atoms with E-state index in [0.717, 1.165) is 5.56 Å². The lowest BCUT2D eigenvalue weighted by molar-refractivity contribution is -0.146. The summed E-state index contributed by atoms with van der Waals surface area (Å²) in [6.07, 6.45) is 1.66.